The zero-order valence-electron chi connectivity index (χ0n) is 15.1. The maximum Gasteiger partial charge on any atom is 0.410 e. The van der Waals surface area contributed by atoms with E-state index in [4.69, 9.17) is 9.15 Å². The smallest absolute Gasteiger partial charge is 0.410 e. The summed E-state index contributed by atoms with van der Waals surface area (Å²) in [6, 6.07) is 6.10. The summed E-state index contributed by atoms with van der Waals surface area (Å²) in [5.74, 6) is 1.47. The van der Waals surface area contributed by atoms with Crippen molar-refractivity contribution in [2.24, 2.45) is 0 Å². The number of carbonyl (C=O) groups excluding carboxylic acids is 1. The van der Waals surface area contributed by atoms with Gasteiger partial charge >= 0.3 is 6.09 Å². The van der Waals surface area contributed by atoms with Crippen molar-refractivity contribution in [1.82, 2.24) is 9.88 Å². The molecule has 134 valence electrons. The molecule has 3 rings (SSSR count). The first-order valence-electron chi connectivity index (χ1n) is 8.52. The molecule has 0 saturated heterocycles. The van der Waals surface area contributed by atoms with Crippen molar-refractivity contribution in [3.05, 3.63) is 39.7 Å². The Labute approximate surface area is 156 Å². The van der Waals surface area contributed by atoms with Gasteiger partial charge in [-0.1, -0.05) is 22.9 Å². The van der Waals surface area contributed by atoms with Gasteiger partial charge in [0, 0.05) is 23.0 Å². The number of aryl methyl sites for hydroxylation is 1. The number of nitrogens with zero attached hydrogens (tertiary/aromatic N) is 2. The SMILES string of the molecule is CCc1cc(-c2nc3c(o2)CCN(C(=O)OC(C)(C)C)C3)ccc1Br. The third-order valence-corrected chi connectivity index (χ3v) is 4.83. The molecule has 1 amide bonds. The van der Waals surface area contributed by atoms with Crippen LogP contribution in [0.5, 0.6) is 0 Å². The molecule has 0 unspecified atom stereocenters. The van der Waals surface area contributed by atoms with Crippen LogP contribution in [0.3, 0.4) is 0 Å². The maximum atomic E-state index is 12.3. The predicted octanol–water partition coefficient (Wildman–Crippen LogP) is 4.96. The van der Waals surface area contributed by atoms with Crippen LogP contribution in [0.2, 0.25) is 0 Å². The molecule has 1 aliphatic rings. The van der Waals surface area contributed by atoms with Gasteiger partial charge in [0.05, 0.1) is 6.54 Å². The van der Waals surface area contributed by atoms with E-state index in [1.54, 1.807) is 4.90 Å². The van der Waals surface area contributed by atoms with Crippen molar-refractivity contribution >= 4 is 22.0 Å². The highest BCUT2D eigenvalue weighted by molar-refractivity contribution is 9.10. The number of hydrogen-bond acceptors (Lipinski definition) is 4. The van der Waals surface area contributed by atoms with Gasteiger partial charge in [-0.25, -0.2) is 9.78 Å². The van der Waals surface area contributed by atoms with Crippen molar-refractivity contribution in [1.29, 1.82) is 0 Å². The molecule has 25 heavy (non-hydrogen) atoms. The van der Waals surface area contributed by atoms with Crippen LogP contribution in [-0.4, -0.2) is 28.1 Å². The van der Waals surface area contributed by atoms with Gasteiger partial charge < -0.3 is 14.1 Å². The van der Waals surface area contributed by atoms with E-state index in [1.807, 2.05) is 32.9 Å². The Hall–Kier alpha value is -1.82. The lowest BCUT2D eigenvalue weighted by molar-refractivity contribution is 0.0217. The fraction of sp³-hybridized carbons (Fsp3) is 0.474. The number of carbonyl (C=O) groups is 1. The molecule has 0 atom stereocenters. The molecular weight excluding hydrogens is 384 g/mol. The van der Waals surface area contributed by atoms with Crippen LogP contribution in [-0.2, 0) is 24.1 Å². The van der Waals surface area contributed by atoms with Crippen LogP contribution in [0, 0.1) is 0 Å². The van der Waals surface area contributed by atoms with Crippen LogP contribution in [0.25, 0.3) is 11.5 Å². The van der Waals surface area contributed by atoms with Crippen LogP contribution >= 0.6 is 15.9 Å². The fourth-order valence-electron chi connectivity index (χ4n) is 2.78. The summed E-state index contributed by atoms with van der Waals surface area (Å²) in [6.07, 6.45) is 1.28. The van der Waals surface area contributed by atoms with Gasteiger partial charge in [0.15, 0.2) is 0 Å². The highest BCUT2D eigenvalue weighted by Gasteiger charge is 2.29. The lowest BCUT2D eigenvalue weighted by atomic mass is 10.1. The molecule has 1 aromatic heterocycles. The van der Waals surface area contributed by atoms with Crippen LogP contribution in [0.15, 0.2) is 27.1 Å². The molecular formula is C19H23BrN2O3. The van der Waals surface area contributed by atoms with Gasteiger partial charge in [-0.2, -0.15) is 0 Å². The van der Waals surface area contributed by atoms with E-state index in [2.05, 4.69) is 33.9 Å². The van der Waals surface area contributed by atoms with E-state index < -0.39 is 5.60 Å². The summed E-state index contributed by atoms with van der Waals surface area (Å²) in [6.45, 7) is 8.72. The van der Waals surface area contributed by atoms with Gasteiger partial charge in [-0.05, 0) is 51.0 Å². The number of hydrogen-bond donors (Lipinski definition) is 0. The number of fused-ring (bicyclic) bond motifs is 1. The first-order chi connectivity index (χ1) is 11.8. The van der Waals surface area contributed by atoms with Gasteiger partial charge in [-0.15, -0.1) is 0 Å². The molecule has 0 N–H and O–H groups in total. The minimum Gasteiger partial charge on any atom is -0.444 e. The minimum atomic E-state index is -0.500. The van der Waals surface area contributed by atoms with Crippen molar-refractivity contribution in [2.45, 2.75) is 52.7 Å². The molecule has 0 fully saturated rings. The average molecular weight is 407 g/mol. The molecule has 0 radical (unpaired) electrons. The lowest BCUT2D eigenvalue weighted by Gasteiger charge is -2.28. The first-order valence-corrected chi connectivity index (χ1v) is 9.31. The number of ether oxygens (including phenoxy) is 1. The normalized spacial score (nSPS) is 14.4. The zero-order valence-corrected chi connectivity index (χ0v) is 16.6. The number of benzene rings is 1. The van der Waals surface area contributed by atoms with Gasteiger partial charge in [0.1, 0.15) is 17.1 Å². The Morgan fingerprint density at radius 3 is 2.84 bits per heavy atom. The van der Waals surface area contributed by atoms with Crippen LogP contribution in [0.4, 0.5) is 4.79 Å². The van der Waals surface area contributed by atoms with E-state index in [-0.39, 0.29) is 6.09 Å². The second-order valence-electron chi connectivity index (χ2n) is 7.20. The Morgan fingerprint density at radius 1 is 1.40 bits per heavy atom. The molecule has 6 heteroatoms. The Kier molecular flexibility index (Phi) is 4.91. The molecule has 1 aromatic carbocycles. The van der Waals surface area contributed by atoms with Crippen molar-refractivity contribution < 1.29 is 13.9 Å². The Bertz CT molecular complexity index is 792. The zero-order chi connectivity index (χ0) is 18.2. The molecule has 2 aromatic rings. The molecule has 2 heterocycles. The lowest BCUT2D eigenvalue weighted by Crippen LogP contribution is -2.39. The Balaban J connectivity index is 1.80. The van der Waals surface area contributed by atoms with Crippen LogP contribution in [0.1, 0.15) is 44.7 Å². The molecule has 0 saturated carbocycles. The fourth-order valence-corrected chi connectivity index (χ4v) is 3.31. The average Bonchev–Trinajstić information content (AvgIpc) is 2.96. The molecule has 0 bridgehead atoms. The highest BCUT2D eigenvalue weighted by atomic mass is 79.9. The van der Waals surface area contributed by atoms with Crippen LogP contribution < -0.4 is 0 Å². The number of oxazole rings is 1. The molecule has 0 aliphatic carbocycles. The first kappa shape index (κ1) is 18.0. The predicted molar refractivity (Wildman–Crippen MR) is 99.4 cm³/mol. The number of rotatable bonds is 2. The standard InChI is InChI=1S/C19H23BrN2O3/c1-5-12-10-13(6-7-14(12)20)17-21-15-11-22(9-8-16(15)24-17)18(23)25-19(2,3)4/h6-7,10H,5,8-9,11H2,1-4H3. The van der Waals surface area contributed by atoms with E-state index >= 15 is 0 Å². The summed E-state index contributed by atoms with van der Waals surface area (Å²) in [5, 5.41) is 0. The molecule has 5 nitrogen and oxygen atoms in total. The summed E-state index contributed by atoms with van der Waals surface area (Å²) >= 11 is 3.56. The Morgan fingerprint density at radius 2 is 2.16 bits per heavy atom. The second-order valence-corrected chi connectivity index (χ2v) is 8.05. The van der Waals surface area contributed by atoms with Crippen molar-refractivity contribution in [3.63, 3.8) is 0 Å². The van der Waals surface area contributed by atoms with Gasteiger partial charge in [0.2, 0.25) is 5.89 Å². The summed E-state index contributed by atoms with van der Waals surface area (Å²) < 4.78 is 12.5. The number of aromatic nitrogens is 1. The third-order valence-electron chi connectivity index (χ3n) is 4.05. The van der Waals surface area contributed by atoms with Gasteiger partial charge in [0.25, 0.3) is 0 Å². The summed E-state index contributed by atoms with van der Waals surface area (Å²) in [4.78, 5) is 18.6. The van der Waals surface area contributed by atoms with Crippen molar-refractivity contribution in [2.75, 3.05) is 6.54 Å². The quantitative estimate of drug-likeness (QED) is 0.706. The topological polar surface area (TPSA) is 55.6 Å². The minimum absolute atomic E-state index is 0.306. The van der Waals surface area contributed by atoms with E-state index in [1.165, 1.54) is 5.56 Å². The second kappa shape index (κ2) is 6.83. The van der Waals surface area contributed by atoms with E-state index in [0.717, 1.165) is 27.9 Å². The largest absolute Gasteiger partial charge is 0.444 e. The van der Waals surface area contributed by atoms with E-state index in [0.29, 0.717) is 25.4 Å². The monoisotopic (exact) mass is 406 g/mol. The number of halogens is 1. The highest BCUT2D eigenvalue weighted by Crippen LogP contribution is 2.29. The molecule has 1 aliphatic heterocycles. The van der Waals surface area contributed by atoms with Gasteiger partial charge in [-0.3, -0.25) is 0 Å². The summed E-state index contributed by atoms with van der Waals surface area (Å²) in [7, 11) is 0. The van der Waals surface area contributed by atoms with Crippen molar-refractivity contribution in [3.8, 4) is 11.5 Å². The molecule has 0 spiro atoms. The summed E-state index contributed by atoms with van der Waals surface area (Å²) in [5.41, 5.74) is 2.48. The third kappa shape index (κ3) is 4.06. The maximum absolute atomic E-state index is 12.3. The number of amides is 1. The van der Waals surface area contributed by atoms with E-state index in [9.17, 15) is 4.79 Å².